The van der Waals surface area contributed by atoms with Crippen LogP contribution in [-0.2, 0) is 0 Å². The molecule has 0 radical (unpaired) electrons. The fraction of sp³-hybridized carbons (Fsp3) is 1.00. The van der Waals surface area contributed by atoms with E-state index in [1.54, 1.807) is 0 Å². The monoisotopic (exact) mass is 186 g/mol. The van der Waals surface area contributed by atoms with Crippen molar-refractivity contribution in [2.24, 2.45) is 0 Å². The quantitative estimate of drug-likeness (QED) is 0.645. The Hall–Kier alpha value is 0.0700. The minimum absolute atomic E-state index is 0. The van der Waals surface area contributed by atoms with Gasteiger partial charge in [-0.1, -0.05) is 0 Å². The number of halogens is 3. The van der Waals surface area contributed by atoms with Crippen molar-refractivity contribution in [3.05, 3.63) is 0 Å². The molecule has 1 rings (SSSR count). The van der Waals surface area contributed by atoms with Crippen LogP contribution in [0.4, 0.5) is 8.78 Å². The molecule has 0 aromatic carbocycles. The fourth-order valence-corrected chi connectivity index (χ4v) is 1.10. The van der Waals surface area contributed by atoms with Crippen molar-refractivity contribution >= 4 is 12.4 Å². The van der Waals surface area contributed by atoms with Crippen LogP contribution in [0, 0.1) is 0 Å². The zero-order valence-electron chi connectivity index (χ0n) is 6.39. The second kappa shape index (κ2) is 4.85. The van der Waals surface area contributed by atoms with Crippen LogP contribution in [0.3, 0.4) is 0 Å². The van der Waals surface area contributed by atoms with Gasteiger partial charge in [0.1, 0.15) is 0 Å². The smallest absolute Gasteiger partial charge is 0.254 e. The van der Waals surface area contributed by atoms with Gasteiger partial charge < -0.3 is 10.2 Å². The van der Waals surface area contributed by atoms with Crippen molar-refractivity contribution < 1.29 is 8.78 Å². The van der Waals surface area contributed by atoms with E-state index in [1.165, 1.54) is 0 Å². The predicted octanol–water partition coefficient (Wildman–Crippen LogP) is 0.577. The Morgan fingerprint density at radius 2 is 2.18 bits per heavy atom. The molecule has 1 N–H and O–H groups in total. The van der Waals surface area contributed by atoms with E-state index in [0.717, 1.165) is 6.54 Å². The molecule has 2 nitrogen and oxygen atoms in total. The fourth-order valence-electron chi connectivity index (χ4n) is 1.10. The van der Waals surface area contributed by atoms with Crippen LogP contribution in [0.2, 0.25) is 0 Å². The molecule has 1 aliphatic rings. The van der Waals surface area contributed by atoms with Gasteiger partial charge in [-0.25, -0.2) is 8.78 Å². The van der Waals surface area contributed by atoms with Gasteiger partial charge in [0.25, 0.3) is 6.43 Å². The first-order valence-corrected chi connectivity index (χ1v) is 3.40. The third-order valence-electron chi connectivity index (χ3n) is 1.71. The summed E-state index contributed by atoms with van der Waals surface area (Å²) < 4.78 is 24.0. The van der Waals surface area contributed by atoms with E-state index in [0.29, 0.717) is 13.1 Å². The third kappa shape index (κ3) is 3.31. The van der Waals surface area contributed by atoms with Gasteiger partial charge in [0.05, 0.1) is 6.04 Å². The van der Waals surface area contributed by atoms with Crippen molar-refractivity contribution in [2.45, 2.75) is 12.5 Å². The molecule has 0 aromatic rings. The van der Waals surface area contributed by atoms with E-state index in [-0.39, 0.29) is 12.4 Å². The molecule has 0 aromatic heterocycles. The molecule has 1 atom stereocenters. The summed E-state index contributed by atoms with van der Waals surface area (Å²) in [5.41, 5.74) is 0. The highest BCUT2D eigenvalue weighted by atomic mass is 35.5. The van der Waals surface area contributed by atoms with Gasteiger partial charge in [-0.15, -0.1) is 12.4 Å². The van der Waals surface area contributed by atoms with E-state index in [4.69, 9.17) is 0 Å². The van der Waals surface area contributed by atoms with Gasteiger partial charge in [-0.3, -0.25) is 0 Å². The second-order valence-electron chi connectivity index (χ2n) is 2.66. The number of nitrogens with zero attached hydrogens (tertiary/aromatic N) is 1. The summed E-state index contributed by atoms with van der Waals surface area (Å²) in [6, 6.07) is -0.626. The summed E-state index contributed by atoms with van der Waals surface area (Å²) in [5.74, 6) is 0. The molecule has 68 valence electrons. The Labute approximate surface area is 71.4 Å². The first-order valence-electron chi connectivity index (χ1n) is 3.40. The summed E-state index contributed by atoms with van der Waals surface area (Å²) in [7, 11) is 1.86. The highest BCUT2D eigenvalue weighted by Crippen LogP contribution is 2.05. The molecule has 0 bridgehead atoms. The number of hydrogen-bond acceptors (Lipinski definition) is 2. The summed E-state index contributed by atoms with van der Waals surface area (Å²) in [6.45, 7) is 1.99. The Morgan fingerprint density at radius 1 is 1.55 bits per heavy atom. The lowest BCUT2D eigenvalue weighted by molar-refractivity contribution is 0.0644. The van der Waals surface area contributed by atoms with E-state index in [9.17, 15) is 8.78 Å². The molecule has 1 unspecified atom stereocenters. The van der Waals surface area contributed by atoms with Crippen LogP contribution in [-0.4, -0.2) is 44.0 Å². The number of nitrogens with one attached hydrogen (secondary N) is 1. The standard InChI is InChI=1S/C6H12F2N2.ClH/c1-10-3-2-9-5(4-10)6(7)8;/h5-6,9H,2-4H2,1H3;1H. The zero-order chi connectivity index (χ0) is 7.56. The zero-order valence-corrected chi connectivity index (χ0v) is 7.20. The minimum atomic E-state index is -2.23. The maximum atomic E-state index is 12.0. The topological polar surface area (TPSA) is 15.3 Å². The summed E-state index contributed by atoms with van der Waals surface area (Å²) >= 11 is 0. The van der Waals surface area contributed by atoms with Crippen LogP contribution >= 0.6 is 12.4 Å². The van der Waals surface area contributed by atoms with Gasteiger partial charge in [0.2, 0.25) is 0 Å². The van der Waals surface area contributed by atoms with Crippen molar-refractivity contribution in [2.75, 3.05) is 26.7 Å². The van der Waals surface area contributed by atoms with E-state index < -0.39 is 12.5 Å². The SMILES string of the molecule is CN1CCNC(C(F)F)C1.Cl. The molecule has 0 amide bonds. The summed E-state index contributed by atoms with van der Waals surface area (Å²) in [4.78, 5) is 1.91. The highest BCUT2D eigenvalue weighted by Gasteiger charge is 2.24. The van der Waals surface area contributed by atoms with E-state index in [1.807, 2.05) is 11.9 Å². The molecule has 11 heavy (non-hydrogen) atoms. The molecule has 0 spiro atoms. The number of alkyl halides is 2. The molecule has 1 fully saturated rings. The third-order valence-corrected chi connectivity index (χ3v) is 1.71. The first-order chi connectivity index (χ1) is 4.70. The van der Waals surface area contributed by atoms with E-state index >= 15 is 0 Å². The Kier molecular flexibility index (Phi) is 4.88. The maximum absolute atomic E-state index is 12.0. The summed E-state index contributed by atoms with van der Waals surface area (Å²) in [5, 5.41) is 2.76. The minimum Gasteiger partial charge on any atom is -0.307 e. The maximum Gasteiger partial charge on any atom is 0.254 e. The Balaban J connectivity index is 0.000001000. The van der Waals surface area contributed by atoms with Crippen LogP contribution in [0.1, 0.15) is 0 Å². The number of likely N-dealkylation sites (N-methyl/N-ethyl adjacent to an activating group) is 1. The average Bonchev–Trinajstić information content (AvgIpc) is 1.88. The molecular weight excluding hydrogens is 174 g/mol. The number of piperazine rings is 1. The highest BCUT2D eigenvalue weighted by molar-refractivity contribution is 5.85. The number of rotatable bonds is 1. The van der Waals surface area contributed by atoms with Crippen LogP contribution in [0.5, 0.6) is 0 Å². The van der Waals surface area contributed by atoms with Gasteiger partial charge >= 0.3 is 0 Å². The molecule has 5 heteroatoms. The first kappa shape index (κ1) is 11.1. The van der Waals surface area contributed by atoms with Crippen molar-refractivity contribution in [1.82, 2.24) is 10.2 Å². The molecule has 1 aliphatic heterocycles. The van der Waals surface area contributed by atoms with Crippen LogP contribution in [0.15, 0.2) is 0 Å². The Morgan fingerprint density at radius 3 is 2.55 bits per heavy atom. The van der Waals surface area contributed by atoms with E-state index in [2.05, 4.69) is 5.32 Å². The lowest BCUT2D eigenvalue weighted by Gasteiger charge is -2.30. The molecule has 0 aliphatic carbocycles. The average molecular weight is 187 g/mol. The van der Waals surface area contributed by atoms with Crippen molar-refractivity contribution in [3.63, 3.8) is 0 Å². The predicted molar refractivity (Wildman–Crippen MR) is 42.5 cm³/mol. The lowest BCUT2D eigenvalue weighted by Crippen LogP contribution is -2.52. The molecule has 1 heterocycles. The normalized spacial score (nSPS) is 26.7. The van der Waals surface area contributed by atoms with Crippen LogP contribution < -0.4 is 5.32 Å². The van der Waals surface area contributed by atoms with Crippen molar-refractivity contribution in [1.29, 1.82) is 0 Å². The Bertz CT molecular complexity index is 113. The van der Waals surface area contributed by atoms with Gasteiger partial charge in [0, 0.05) is 19.6 Å². The van der Waals surface area contributed by atoms with Gasteiger partial charge in [-0.05, 0) is 7.05 Å². The number of hydrogen-bond donors (Lipinski definition) is 1. The molecule has 0 saturated carbocycles. The largest absolute Gasteiger partial charge is 0.307 e. The molecular formula is C6H13ClF2N2. The second-order valence-corrected chi connectivity index (χ2v) is 2.66. The lowest BCUT2D eigenvalue weighted by atomic mass is 10.2. The van der Waals surface area contributed by atoms with Crippen LogP contribution in [0.25, 0.3) is 0 Å². The van der Waals surface area contributed by atoms with Crippen molar-refractivity contribution in [3.8, 4) is 0 Å². The molecule has 1 saturated heterocycles. The summed E-state index contributed by atoms with van der Waals surface area (Å²) in [6.07, 6.45) is -2.23. The van der Waals surface area contributed by atoms with Gasteiger partial charge in [-0.2, -0.15) is 0 Å². The van der Waals surface area contributed by atoms with Gasteiger partial charge in [0.15, 0.2) is 0 Å².